The predicted molar refractivity (Wildman–Crippen MR) is 56.3 cm³/mol. The first-order valence-corrected chi connectivity index (χ1v) is 4.88. The van der Waals surface area contributed by atoms with Gasteiger partial charge in [-0.15, -0.1) is 0 Å². The van der Waals surface area contributed by atoms with Crippen LogP contribution in [0.3, 0.4) is 0 Å². The first kappa shape index (κ1) is 9.64. The van der Waals surface area contributed by atoms with Crippen LogP contribution in [0.25, 0.3) is 11.4 Å². The smallest absolute Gasteiger partial charge is 0.321 e. The average Bonchev–Trinajstić information content (AvgIpc) is 2.76. The molecule has 0 aromatic carbocycles. The molecular formula is C10H12N4O. The van der Waals surface area contributed by atoms with Crippen LogP contribution in [0.15, 0.2) is 29.0 Å². The Morgan fingerprint density at radius 1 is 1.33 bits per heavy atom. The molecule has 0 aliphatic rings. The molecule has 0 amide bonds. The third-order valence-electron chi connectivity index (χ3n) is 1.89. The van der Waals surface area contributed by atoms with Gasteiger partial charge in [0.15, 0.2) is 0 Å². The normalized spacial score (nSPS) is 10.2. The Hall–Kier alpha value is -1.91. The lowest BCUT2D eigenvalue weighted by Gasteiger charge is -1.94. The number of rotatable bonds is 4. The van der Waals surface area contributed by atoms with Crippen LogP contribution in [0.2, 0.25) is 0 Å². The summed E-state index contributed by atoms with van der Waals surface area (Å²) in [6, 6.07) is 4.15. The molecule has 5 heteroatoms. The summed E-state index contributed by atoms with van der Waals surface area (Å²) in [4.78, 5) is 8.13. The van der Waals surface area contributed by atoms with Crippen LogP contribution < -0.4 is 5.32 Å². The van der Waals surface area contributed by atoms with Crippen molar-refractivity contribution in [2.75, 3.05) is 11.9 Å². The maximum absolute atomic E-state index is 5.03. The molecule has 0 saturated heterocycles. The van der Waals surface area contributed by atoms with E-state index in [4.69, 9.17) is 4.52 Å². The first-order chi connectivity index (χ1) is 7.40. The standard InChI is InChI=1S/C10H12N4O/c1-2-5-12-10-13-9(14-15-10)8-3-6-11-7-4-8/h3-4,6-7H,2,5H2,1H3,(H,12,13,14). The van der Waals surface area contributed by atoms with E-state index in [0.717, 1.165) is 18.5 Å². The van der Waals surface area contributed by atoms with Gasteiger partial charge in [0.1, 0.15) is 0 Å². The zero-order chi connectivity index (χ0) is 10.5. The largest absolute Gasteiger partial charge is 0.338 e. The molecule has 0 unspecified atom stereocenters. The van der Waals surface area contributed by atoms with Gasteiger partial charge in [-0.05, 0) is 18.6 Å². The SMILES string of the molecule is CCCNc1nc(-c2ccncc2)no1. The van der Waals surface area contributed by atoms with E-state index in [0.29, 0.717) is 11.8 Å². The molecule has 5 nitrogen and oxygen atoms in total. The van der Waals surface area contributed by atoms with Gasteiger partial charge in [0.05, 0.1) is 0 Å². The van der Waals surface area contributed by atoms with Crippen molar-refractivity contribution in [3.63, 3.8) is 0 Å². The van der Waals surface area contributed by atoms with Gasteiger partial charge in [-0.25, -0.2) is 0 Å². The van der Waals surface area contributed by atoms with Crippen LogP contribution in [0.4, 0.5) is 6.01 Å². The molecule has 0 aliphatic carbocycles. The first-order valence-electron chi connectivity index (χ1n) is 4.88. The molecule has 1 N–H and O–H groups in total. The third kappa shape index (κ3) is 2.31. The molecule has 2 aromatic rings. The Labute approximate surface area is 87.5 Å². The monoisotopic (exact) mass is 204 g/mol. The van der Waals surface area contributed by atoms with Gasteiger partial charge in [0, 0.05) is 24.5 Å². The van der Waals surface area contributed by atoms with Gasteiger partial charge in [-0.3, -0.25) is 4.98 Å². The van der Waals surface area contributed by atoms with E-state index in [-0.39, 0.29) is 0 Å². The summed E-state index contributed by atoms with van der Waals surface area (Å²) in [5.41, 5.74) is 0.901. The van der Waals surface area contributed by atoms with Crippen LogP contribution in [-0.4, -0.2) is 21.7 Å². The average molecular weight is 204 g/mol. The maximum atomic E-state index is 5.03. The summed E-state index contributed by atoms with van der Waals surface area (Å²) in [6.07, 6.45) is 4.42. The molecule has 2 aromatic heterocycles. The quantitative estimate of drug-likeness (QED) is 0.824. The number of aromatic nitrogens is 3. The number of hydrogen-bond acceptors (Lipinski definition) is 5. The fraction of sp³-hybridized carbons (Fsp3) is 0.300. The highest BCUT2D eigenvalue weighted by Crippen LogP contribution is 2.15. The Bertz CT molecular complexity index is 412. The van der Waals surface area contributed by atoms with E-state index in [2.05, 4.69) is 27.4 Å². The van der Waals surface area contributed by atoms with Gasteiger partial charge in [-0.1, -0.05) is 12.1 Å². The molecule has 0 bridgehead atoms. The van der Waals surface area contributed by atoms with Crippen molar-refractivity contribution in [2.45, 2.75) is 13.3 Å². The number of pyridine rings is 1. The van der Waals surface area contributed by atoms with E-state index in [1.54, 1.807) is 12.4 Å². The fourth-order valence-electron chi connectivity index (χ4n) is 1.15. The minimum atomic E-state index is 0.462. The lowest BCUT2D eigenvalue weighted by molar-refractivity contribution is 0.432. The van der Waals surface area contributed by atoms with Crippen LogP contribution in [0.5, 0.6) is 0 Å². The van der Waals surface area contributed by atoms with Crippen molar-refractivity contribution in [1.82, 2.24) is 15.1 Å². The number of nitrogens with one attached hydrogen (secondary N) is 1. The molecular weight excluding hydrogens is 192 g/mol. The van der Waals surface area contributed by atoms with Crippen molar-refractivity contribution in [2.24, 2.45) is 0 Å². The highest BCUT2D eigenvalue weighted by Gasteiger charge is 2.06. The topological polar surface area (TPSA) is 63.8 Å². The Morgan fingerprint density at radius 3 is 2.87 bits per heavy atom. The zero-order valence-corrected chi connectivity index (χ0v) is 8.47. The van der Waals surface area contributed by atoms with Crippen LogP contribution >= 0.6 is 0 Å². The molecule has 0 radical (unpaired) electrons. The van der Waals surface area contributed by atoms with Crippen molar-refractivity contribution >= 4 is 6.01 Å². The van der Waals surface area contributed by atoms with E-state index in [1.807, 2.05) is 12.1 Å². The number of anilines is 1. The Kier molecular flexibility index (Phi) is 2.92. The van der Waals surface area contributed by atoms with Crippen LogP contribution in [0, 0.1) is 0 Å². The molecule has 0 atom stereocenters. The van der Waals surface area contributed by atoms with Crippen molar-refractivity contribution in [3.05, 3.63) is 24.5 Å². The summed E-state index contributed by atoms with van der Waals surface area (Å²) in [7, 11) is 0. The van der Waals surface area contributed by atoms with Crippen molar-refractivity contribution < 1.29 is 4.52 Å². The van der Waals surface area contributed by atoms with Crippen molar-refractivity contribution in [3.8, 4) is 11.4 Å². The zero-order valence-electron chi connectivity index (χ0n) is 8.47. The van der Waals surface area contributed by atoms with Gasteiger partial charge >= 0.3 is 6.01 Å². The summed E-state index contributed by atoms with van der Waals surface area (Å²) in [6.45, 7) is 2.91. The minimum Gasteiger partial charge on any atom is -0.338 e. The molecule has 0 aliphatic heterocycles. The Balaban J connectivity index is 2.14. The summed E-state index contributed by atoms with van der Waals surface area (Å²) in [5, 5.41) is 6.89. The molecule has 78 valence electrons. The van der Waals surface area contributed by atoms with Gasteiger partial charge < -0.3 is 9.84 Å². The Morgan fingerprint density at radius 2 is 2.13 bits per heavy atom. The van der Waals surface area contributed by atoms with E-state index in [1.165, 1.54) is 0 Å². The summed E-state index contributed by atoms with van der Waals surface area (Å²) >= 11 is 0. The second-order valence-corrected chi connectivity index (χ2v) is 3.09. The highest BCUT2D eigenvalue weighted by atomic mass is 16.5. The van der Waals surface area contributed by atoms with Crippen LogP contribution in [-0.2, 0) is 0 Å². The van der Waals surface area contributed by atoms with E-state index >= 15 is 0 Å². The summed E-state index contributed by atoms with van der Waals surface area (Å²) in [5.74, 6) is 0.580. The van der Waals surface area contributed by atoms with E-state index in [9.17, 15) is 0 Å². The maximum Gasteiger partial charge on any atom is 0.321 e. The molecule has 15 heavy (non-hydrogen) atoms. The van der Waals surface area contributed by atoms with Gasteiger partial charge in [0.2, 0.25) is 5.82 Å². The number of nitrogens with zero attached hydrogens (tertiary/aromatic N) is 3. The predicted octanol–water partition coefficient (Wildman–Crippen LogP) is 1.95. The third-order valence-corrected chi connectivity index (χ3v) is 1.89. The lowest BCUT2D eigenvalue weighted by Crippen LogP contribution is -1.99. The molecule has 2 heterocycles. The molecule has 0 spiro atoms. The van der Waals surface area contributed by atoms with Gasteiger partial charge in [-0.2, -0.15) is 4.98 Å². The highest BCUT2D eigenvalue weighted by molar-refractivity contribution is 5.54. The molecule has 0 fully saturated rings. The molecule has 0 saturated carbocycles. The lowest BCUT2D eigenvalue weighted by atomic mass is 10.3. The van der Waals surface area contributed by atoms with Crippen molar-refractivity contribution in [1.29, 1.82) is 0 Å². The second kappa shape index (κ2) is 4.54. The van der Waals surface area contributed by atoms with E-state index < -0.39 is 0 Å². The minimum absolute atomic E-state index is 0.462. The molecule has 2 rings (SSSR count). The second-order valence-electron chi connectivity index (χ2n) is 3.09. The number of hydrogen-bond donors (Lipinski definition) is 1. The summed E-state index contributed by atoms with van der Waals surface area (Å²) < 4.78 is 5.03. The fourth-order valence-corrected chi connectivity index (χ4v) is 1.15. The van der Waals surface area contributed by atoms with Gasteiger partial charge in [0.25, 0.3) is 0 Å². The van der Waals surface area contributed by atoms with Crippen LogP contribution in [0.1, 0.15) is 13.3 Å².